The van der Waals surface area contributed by atoms with Gasteiger partial charge in [0, 0.05) is 0 Å². The van der Waals surface area contributed by atoms with Gasteiger partial charge in [0.05, 0.1) is 0 Å². The Labute approximate surface area is 466 Å². The van der Waals surface area contributed by atoms with E-state index in [1.807, 2.05) is 0 Å². The zero-order valence-electron chi connectivity index (χ0n) is 48.8. The average Bonchev–Trinajstić information content (AvgIpc) is 3.40. The molecule has 1 aliphatic heterocycles. The second-order valence-electron chi connectivity index (χ2n) is 24.2. The molecular weight excluding hydrogens is 1030 g/mol. The van der Waals surface area contributed by atoms with Gasteiger partial charge >= 0.3 is 469 Å². The Balaban J connectivity index is 1.65. The fourth-order valence-corrected chi connectivity index (χ4v) is 45.8. The van der Waals surface area contributed by atoms with E-state index in [1.54, 1.807) is 17.6 Å². The third-order valence-electron chi connectivity index (χ3n) is 16.3. The van der Waals surface area contributed by atoms with E-state index in [0.29, 0.717) is 47.3 Å². The molecule has 0 fully saturated rings. The van der Waals surface area contributed by atoms with Crippen LogP contribution in [0.4, 0.5) is 0 Å². The van der Waals surface area contributed by atoms with Crippen LogP contribution in [0.5, 0.6) is 0 Å². The fraction of sp³-hybridized carbons (Fsp3) is 0.324. The summed E-state index contributed by atoms with van der Waals surface area (Å²) in [5.74, 6) is 2.79. The van der Waals surface area contributed by atoms with Crippen LogP contribution in [0.3, 0.4) is 0 Å². The van der Waals surface area contributed by atoms with Gasteiger partial charge in [-0.3, -0.25) is 0 Å². The molecule has 0 nitrogen and oxygen atoms in total. The van der Waals surface area contributed by atoms with E-state index in [-0.39, 0.29) is 0 Å². The molecule has 2 heteroatoms. The summed E-state index contributed by atoms with van der Waals surface area (Å²) in [6.45, 7) is 38.7. The molecule has 1 aliphatic rings. The number of hydrogen-bond acceptors (Lipinski definition) is 0. The van der Waals surface area contributed by atoms with Crippen molar-refractivity contribution in [3.8, 4) is 44.5 Å². The van der Waals surface area contributed by atoms with Crippen LogP contribution in [0.2, 0.25) is 0 Å². The summed E-state index contributed by atoms with van der Waals surface area (Å²) in [5, 5.41) is 0. The van der Waals surface area contributed by atoms with Gasteiger partial charge in [-0.05, 0) is 0 Å². The standard InChI is InChI=1S/C74H84Ge2/c1-45(2)55-33-23-34-56(46(3)4)67(55)63-41-27-42-64(68-57(47(5)6)35-24-36-58(68)48(7)8)73(63)75-71(53-29-19-17-20-30-53)72(54-31-21-18-22-32-54)76(75)74-65(69-59(49(9)10)37-25-38-60(69)50(11)12)43-28-44-66(74)70-61(51(13)14)39-26-40-62(70)52(15)16/h17-52H,1-16H3. The summed E-state index contributed by atoms with van der Waals surface area (Å²) < 4.78 is 6.70. The second-order valence-corrected chi connectivity index (χ2v) is 42.4. The molecule has 0 saturated heterocycles. The maximum absolute atomic E-state index is 2.80. The molecule has 8 aromatic rings. The quantitative estimate of drug-likeness (QED) is 0.0846. The third kappa shape index (κ3) is 10.3. The first-order valence-electron chi connectivity index (χ1n) is 28.8. The molecule has 0 amide bonds. The Kier molecular flexibility index (Phi) is 17.0. The molecule has 76 heavy (non-hydrogen) atoms. The zero-order chi connectivity index (χ0) is 54.3. The molecule has 0 aromatic heterocycles. The van der Waals surface area contributed by atoms with E-state index >= 15 is 0 Å². The topological polar surface area (TPSA) is 0 Å². The van der Waals surface area contributed by atoms with Gasteiger partial charge in [-0.25, -0.2) is 0 Å². The van der Waals surface area contributed by atoms with Crippen molar-refractivity contribution in [3.05, 3.63) is 225 Å². The van der Waals surface area contributed by atoms with Crippen molar-refractivity contribution < 1.29 is 0 Å². The van der Waals surface area contributed by atoms with Crippen LogP contribution in [0.15, 0.2) is 170 Å². The molecule has 0 atom stereocenters. The number of benzene rings is 8. The van der Waals surface area contributed by atoms with E-state index in [1.165, 1.54) is 100 Å². The first-order valence-corrected chi connectivity index (χ1v) is 39.5. The van der Waals surface area contributed by atoms with Gasteiger partial charge in [0.1, 0.15) is 0 Å². The normalized spacial score (nSPS) is 13.1. The molecule has 388 valence electrons. The molecule has 1 heterocycles. The van der Waals surface area contributed by atoms with Crippen molar-refractivity contribution in [2.45, 2.75) is 158 Å². The first kappa shape index (κ1) is 55.3. The molecule has 8 aromatic carbocycles. The SMILES string of the molecule is CC(C)c1cccc(C(C)C)c1-c1cccc(-c2c(C(C)C)cccc2C(C)C)[c]1[Ge]1=[Ge]([c]2c(-c3c(C(C)C)cccc3C(C)C)cccc2-c2c(C(C)C)cccc2C(C)C)[C](c2ccccc2)=[C]1c1ccccc1. The minimum atomic E-state index is -2.80. The average molecular weight is 1120 g/mol. The summed E-state index contributed by atoms with van der Waals surface area (Å²) in [6.07, 6.45) is 0. The molecule has 0 radical (unpaired) electrons. The van der Waals surface area contributed by atoms with Gasteiger partial charge in [-0.15, -0.1) is 0 Å². The van der Waals surface area contributed by atoms with Crippen LogP contribution in [0, 0.1) is 0 Å². The van der Waals surface area contributed by atoms with Crippen LogP contribution in [-0.4, -0.2) is 23.7 Å². The summed E-state index contributed by atoms with van der Waals surface area (Å²) in [4.78, 5) is 0. The van der Waals surface area contributed by atoms with Gasteiger partial charge in [0.2, 0.25) is 0 Å². The van der Waals surface area contributed by atoms with E-state index < -0.39 is 23.7 Å². The Morgan fingerprint density at radius 3 is 0.579 bits per heavy atom. The number of rotatable bonds is 16. The first-order chi connectivity index (χ1) is 36.4. The van der Waals surface area contributed by atoms with Crippen molar-refractivity contribution in [1.29, 1.82) is 0 Å². The van der Waals surface area contributed by atoms with E-state index in [2.05, 4.69) is 281 Å². The van der Waals surface area contributed by atoms with Crippen LogP contribution < -0.4 is 8.79 Å². The number of hydrogen-bond donors (Lipinski definition) is 0. The maximum atomic E-state index is 2.58. The zero-order valence-corrected chi connectivity index (χ0v) is 53.0. The minimum absolute atomic E-state index is 0.349. The van der Waals surface area contributed by atoms with Crippen LogP contribution in [0.25, 0.3) is 53.3 Å². The molecule has 0 spiro atoms. The summed E-state index contributed by atoms with van der Waals surface area (Å²) in [7, 11) is 0. The van der Waals surface area contributed by atoms with Crippen molar-refractivity contribution >= 4 is 41.3 Å². The van der Waals surface area contributed by atoms with Gasteiger partial charge in [0.25, 0.3) is 0 Å². The fourth-order valence-electron chi connectivity index (χ4n) is 12.6. The summed E-state index contributed by atoms with van der Waals surface area (Å²) >= 11 is -5.60. The van der Waals surface area contributed by atoms with Gasteiger partial charge < -0.3 is 0 Å². The molecule has 0 unspecified atom stereocenters. The molecular formula is C74H84Ge2. The predicted molar refractivity (Wildman–Crippen MR) is 338 cm³/mol. The van der Waals surface area contributed by atoms with Gasteiger partial charge in [-0.2, -0.15) is 0 Å². The van der Waals surface area contributed by atoms with Crippen molar-refractivity contribution in [2.75, 3.05) is 0 Å². The van der Waals surface area contributed by atoms with Crippen molar-refractivity contribution in [1.82, 2.24) is 0 Å². The third-order valence-corrected chi connectivity index (χ3v) is 43.5. The van der Waals surface area contributed by atoms with Gasteiger partial charge in [-0.1, -0.05) is 0 Å². The molecule has 0 aliphatic carbocycles. The monoisotopic (exact) mass is 1120 g/mol. The summed E-state index contributed by atoms with van der Waals surface area (Å²) in [6, 6.07) is 67.8. The van der Waals surface area contributed by atoms with Crippen LogP contribution >= 0.6 is 0 Å². The Morgan fingerprint density at radius 1 is 0.211 bits per heavy atom. The van der Waals surface area contributed by atoms with Crippen molar-refractivity contribution in [3.63, 3.8) is 0 Å². The van der Waals surface area contributed by atoms with Crippen LogP contribution in [-0.2, 0) is 0 Å². The van der Waals surface area contributed by atoms with Crippen molar-refractivity contribution in [2.24, 2.45) is 0 Å². The van der Waals surface area contributed by atoms with Gasteiger partial charge in [0.15, 0.2) is 0 Å². The summed E-state index contributed by atoms with van der Waals surface area (Å²) in [5.41, 5.74) is 26.3. The Bertz CT molecular complexity index is 2960. The van der Waals surface area contributed by atoms with E-state index in [0.717, 1.165) is 0 Å². The molecule has 0 saturated carbocycles. The molecule has 0 N–H and O–H groups in total. The predicted octanol–water partition coefficient (Wildman–Crippen LogP) is 20.2. The van der Waals surface area contributed by atoms with E-state index in [4.69, 9.17) is 0 Å². The van der Waals surface area contributed by atoms with Crippen LogP contribution in [0.1, 0.15) is 214 Å². The van der Waals surface area contributed by atoms with E-state index in [9.17, 15) is 0 Å². The Morgan fingerprint density at radius 2 is 0.395 bits per heavy atom. The Hall–Kier alpha value is -5.41. The molecule has 0 bridgehead atoms. The molecule has 9 rings (SSSR count). The second kappa shape index (κ2) is 23.3.